The number of aromatic hydroxyl groups is 1. The number of ether oxygens (including phenoxy) is 2. The summed E-state index contributed by atoms with van der Waals surface area (Å²) >= 11 is 6.12. The first kappa shape index (κ1) is 19.7. The van der Waals surface area contributed by atoms with Crippen LogP contribution >= 0.6 is 11.6 Å². The van der Waals surface area contributed by atoms with E-state index in [1.54, 1.807) is 41.3 Å². The Balaban J connectivity index is 1.52. The molecule has 0 unspecified atom stereocenters. The fourth-order valence-electron chi connectivity index (χ4n) is 4.39. The number of nitrogens with zero attached hydrogens (tertiary/aromatic N) is 1. The van der Waals surface area contributed by atoms with Gasteiger partial charge < -0.3 is 23.9 Å². The second-order valence-electron chi connectivity index (χ2n) is 7.93. The highest BCUT2D eigenvalue weighted by Crippen LogP contribution is 2.41. The number of carbonyl (C=O) groups excluding carboxylic acids is 1. The highest BCUT2D eigenvalue weighted by molar-refractivity contribution is 6.31. The lowest BCUT2D eigenvalue weighted by atomic mass is 9.98. The maximum Gasteiger partial charge on any atom is 0.291 e. The summed E-state index contributed by atoms with van der Waals surface area (Å²) in [5, 5.41) is 10.5. The second-order valence-corrected chi connectivity index (χ2v) is 8.37. The van der Waals surface area contributed by atoms with Crippen molar-refractivity contribution in [3.63, 3.8) is 0 Å². The molecule has 6 rings (SSSR count). The van der Waals surface area contributed by atoms with Gasteiger partial charge in [0, 0.05) is 11.6 Å². The Morgan fingerprint density at radius 2 is 1.76 bits per heavy atom. The van der Waals surface area contributed by atoms with Gasteiger partial charge in [0.1, 0.15) is 11.3 Å². The van der Waals surface area contributed by atoms with Gasteiger partial charge in [0.15, 0.2) is 16.9 Å². The van der Waals surface area contributed by atoms with Gasteiger partial charge >= 0.3 is 0 Å². The van der Waals surface area contributed by atoms with Crippen molar-refractivity contribution < 1.29 is 23.8 Å². The molecule has 0 aliphatic carbocycles. The Hall–Kier alpha value is -3.97. The minimum absolute atomic E-state index is 0.00800. The molecule has 0 bridgehead atoms. The molecule has 164 valence electrons. The van der Waals surface area contributed by atoms with Gasteiger partial charge in [-0.05, 0) is 53.6 Å². The van der Waals surface area contributed by atoms with Crippen molar-refractivity contribution in [1.29, 1.82) is 0 Å². The van der Waals surface area contributed by atoms with Gasteiger partial charge in [-0.1, -0.05) is 29.8 Å². The average Bonchev–Trinajstić information content (AvgIpc) is 3.38. The van der Waals surface area contributed by atoms with Gasteiger partial charge in [-0.2, -0.15) is 0 Å². The van der Waals surface area contributed by atoms with Crippen molar-refractivity contribution >= 4 is 28.5 Å². The smallest absolute Gasteiger partial charge is 0.291 e. The van der Waals surface area contributed by atoms with Crippen LogP contribution in [0.15, 0.2) is 69.9 Å². The Labute approximate surface area is 192 Å². The standard InChI is InChI=1S/C25H16ClNO6/c26-15-4-8-18-17(10-15)23(29)21-22(14-2-5-16(28)6-3-14)27(25(30)24(21)33-18)11-13-1-7-19-20(9-13)32-12-31-19/h1-10,22,28H,11-12H2/t22-/m0/s1. The molecule has 33 heavy (non-hydrogen) atoms. The van der Waals surface area contributed by atoms with E-state index in [9.17, 15) is 14.7 Å². The number of carbonyl (C=O) groups is 1. The van der Waals surface area contributed by atoms with Gasteiger partial charge in [-0.25, -0.2) is 0 Å². The van der Waals surface area contributed by atoms with Crippen molar-refractivity contribution in [2.75, 3.05) is 6.79 Å². The molecule has 1 atom stereocenters. The van der Waals surface area contributed by atoms with E-state index in [2.05, 4.69) is 0 Å². The highest BCUT2D eigenvalue weighted by Gasteiger charge is 2.42. The predicted molar refractivity (Wildman–Crippen MR) is 120 cm³/mol. The van der Waals surface area contributed by atoms with Crippen molar-refractivity contribution in [3.8, 4) is 17.2 Å². The Kier molecular flexibility index (Phi) is 4.35. The third kappa shape index (κ3) is 3.12. The van der Waals surface area contributed by atoms with E-state index in [1.165, 1.54) is 12.1 Å². The Bertz CT molecular complexity index is 1490. The normalized spacial score (nSPS) is 16.5. The molecule has 3 heterocycles. The van der Waals surface area contributed by atoms with E-state index in [1.807, 2.05) is 12.1 Å². The number of fused-ring (bicyclic) bond motifs is 3. The number of rotatable bonds is 3. The summed E-state index contributed by atoms with van der Waals surface area (Å²) in [6, 6.07) is 15.9. The van der Waals surface area contributed by atoms with E-state index < -0.39 is 11.9 Å². The molecular weight excluding hydrogens is 446 g/mol. The van der Waals surface area contributed by atoms with Crippen LogP contribution in [0.1, 0.15) is 33.3 Å². The summed E-state index contributed by atoms with van der Waals surface area (Å²) in [5.41, 5.74) is 1.72. The number of halogens is 1. The molecule has 4 aromatic rings. The largest absolute Gasteiger partial charge is 0.508 e. The quantitative estimate of drug-likeness (QED) is 0.478. The molecule has 0 fully saturated rings. The lowest BCUT2D eigenvalue weighted by molar-refractivity contribution is 0.0714. The summed E-state index contributed by atoms with van der Waals surface area (Å²) in [6.45, 7) is 0.359. The van der Waals surface area contributed by atoms with Gasteiger partial charge in [0.25, 0.3) is 5.91 Å². The molecule has 2 aliphatic heterocycles. The van der Waals surface area contributed by atoms with Crippen LogP contribution in [0.25, 0.3) is 11.0 Å². The SMILES string of the molecule is O=C1c2oc3ccc(Cl)cc3c(=O)c2[C@H](c2ccc(O)cc2)N1Cc1ccc2c(c1)OCO2. The minimum atomic E-state index is -0.696. The van der Waals surface area contributed by atoms with E-state index in [-0.39, 0.29) is 35.8 Å². The molecule has 3 aromatic carbocycles. The minimum Gasteiger partial charge on any atom is -0.508 e. The Morgan fingerprint density at radius 1 is 0.970 bits per heavy atom. The zero-order valence-corrected chi connectivity index (χ0v) is 17.8. The summed E-state index contributed by atoms with van der Waals surface area (Å²) in [6.07, 6.45) is 0. The molecule has 8 heteroatoms. The third-order valence-corrected chi connectivity index (χ3v) is 6.16. The van der Waals surface area contributed by atoms with Crippen LogP contribution in [0.4, 0.5) is 0 Å². The van der Waals surface area contributed by atoms with Crippen LogP contribution in [0.3, 0.4) is 0 Å². The van der Waals surface area contributed by atoms with Gasteiger partial charge in [0.05, 0.1) is 17.0 Å². The molecule has 1 N–H and O–H groups in total. The van der Waals surface area contributed by atoms with Crippen LogP contribution in [-0.2, 0) is 6.54 Å². The van der Waals surface area contributed by atoms with E-state index >= 15 is 0 Å². The summed E-state index contributed by atoms with van der Waals surface area (Å²) < 4.78 is 16.8. The van der Waals surface area contributed by atoms with E-state index in [0.717, 1.165) is 5.56 Å². The molecule has 1 amide bonds. The monoisotopic (exact) mass is 461 g/mol. The molecule has 0 radical (unpaired) electrons. The number of amides is 1. The first-order valence-corrected chi connectivity index (χ1v) is 10.6. The molecular formula is C25H16ClNO6. The first-order valence-electron chi connectivity index (χ1n) is 10.2. The molecule has 7 nitrogen and oxygen atoms in total. The van der Waals surface area contributed by atoms with Crippen LogP contribution < -0.4 is 14.9 Å². The maximum absolute atomic E-state index is 13.5. The third-order valence-electron chi connectivity index (χ3n) is 5.93. The van der Waals surface area contributed by atoms with Crippen molar-refractivity contribution in [3.05, 3.63) is 98.4 Å². The van der Waals surface area contributed by atoms with Crippen LogP contribution in [0.2, 0.25) is 5.02 Å². The lowest BCUT2D eigenvalue weighted by Crippen LogP contribution is -2.29. The Morgan fingerprint density at radius 3 is 2.58 bits per heavy atom. The number of phenols is 1. The molecule has 0 spiro atoms. The zero-order chi connectivity index (χ0) is 22.7. The molecule has 2 aliphatic rings. The summed E-state index contributed by atoms with van der Waals surface area (Å²) in [7, 11) is 0. The topological polar surface area (TPSA) is 89.2 Å². The molecule has 0 saturated carbocycles. The number of hydrogen-bond acceptors (Lipinski definition) is 6. The van der Waals surface area contributed by atoms with Gasteiger partial charge in [-0.3, -0.25) is 9.59 Å². The first-order chi connectivity index (χ1) is 16.0. The summed E-state index contributed by atoms with van der Waals surface area (Å²) in [5.74, 6) is 0.948. The average molecular weight is 462 g/mol. The van der Waals surface area contributed by atoms with Crippen LogP contribution in [-0.4, -0.2) is 22.7 Å². The van der Waals surface area contributed by atoms with Gasteiger partial charge in [-0.15, -0.1) is 0 Å². The number of phenolic OH excluding ortho intramolecular Hbond substituents is 1. The zero-order valence-electron chi connectivity index (χ0n) is 17.1. The van der Waals surface area contributed by atoms with Crippen molar-refractivity contribution in [2.24, 2.45) is 0 Å². The van der Waals surface area contributed by atoms with Crippen molar-refractivity contribution in [1.82, 2.24) is 4.90 Å². The van der Waals surface area contributed by atoms with Gasteiger partial charge in [0.2, 0.25) is 12.6 Å². The molecule has 1 aromatic heterocycles. The maximum atomic E-state index is 13.5. The molecule has 0 saturated heterocycles. The lowest BCUT2D eigenvalue weighted by Gasteiger charge is -2.25. The fraction of sp³-hybridized carbons (Fsp3) is 0.120. The van der Waals surface area contributed by atoms with Crippen molar-refractivity contribution in [2.45, 2.75) is 12.6 Å². The van der Waals surface area contributed by atoms with Crippen LogP contribution in [0.5, 0.6) is 17.2 Å². The van der Waals surface area contributed by atoms with E-state index in [0.29, 0.717) is 33.1 Å². The predicted octanol–water partition coefficient (Wildman–Crippen LogP) is 4.63. The van der Waals surface area contributed by atoms with Crippen LogP contribution in [0, 0.1) is 0 Å². The highest BCUT2D eigenvalue weighted by atomic mass is 35.5. The number of benzene rings is 3. The fourth-order valence-corrected chi connectivity index (χ4v) is 4.57. The summed E-state index contributed by atoms with van der Waals surface area (Å²) in [4.78, 5) is 28.6. The number of hydrogen-bond donors (Lipinski definition) is 1. The van der Waals surface area contributed by atoms with E-state index in [4.69, 9.17) is 25.5 Å². The second kappa shape index (κ2) is 7.28.